The molecule has 0 spiro atoms. The van der Waals surface area contributed by atoms with Crippen molar-refractivity contribution in [2.24, 2.45) is 0 Å². The number of rotatable bonds is 43. The Labute approximate surface area is 342 Å². The Bertz CT molecular complexity index is 911. The molecule has 1 amide bonds. The maximum Gasteiger partial charge on any atom is 0.268 e. The van der Waals surface area contributed by atoms with Crippen molar-refractivity contribution < 1.29 is 32.9 Å². The maximum absolute atomic E-state index is 12.6. The van der Waals surface area contributed by atoms with Crippen molar-refractivity contribution in [1.82, 2.24) is 5.32 Å². The van der Waals surface area contributed by atoms with Crippen LogP contribution in [-0.4, -0.2) is 68.5 Å². The second-order valence-corrected chi connectivity index (χ2v) is 18.9. The lowest BCUT2D eigenvalue weighted by Crippen LogP contribution is -2.45. The number of hydrogen-bond donors (Lipinski definition) is 2. The zero-order valence-corrected chi connectivity index (χ0v) is 38.0. The zero-order valence-electron chi connectivity index (χ0n) is 37.1. The van der Waals surface area contributed by atoms with Crippen LogP contribution in [0.3, 0.4) is 0 Å². The highest BCUT2D eigenvalue weighted by Gasteiger charge is 2.23. The van der Waals surface area contributed by atoms with E-state index in [9.17, 15) is 19.4 Å². The van der Waals surface area contributed by atoms with Gasteiger partial charge in [0, 0.05) is 6.42 Å². The minimum absolute atomic E-state index is 0.000833. The first-order valence-electron chi connectivity index (χ1n) is 23.6. The number of carbonyl (C=O) groups excluding carboxylic acids is 1. The molecule has 55 heavy (non-hydrogen) atoms. The normalized spacial score (nSPS) is 14.4. The van der Waals surface area contributed by atoms with Crippen LogP contribution in [0, 0.1) is 0 Å². The van der Waals surface area contributed by atoms with Gasteiger partial charge in [-0.15, -0.1) is 0 Å². The molecule has 0 saturated carbocycles. The van der Waals surface area contributed by atoms with Crippen molar-refractivity contribution >= 4 is 13.7 Å². The van der Waals surface area contributed by atoms with Crippen LogP contribution in [0.25, 0.3) is 0 Å². The molecule has 0 fully saturated rings. The summed E-state index contributed by atoms with van der Waals surface area (Å²) in [5.74, 6) is -0.214. The third kappa shape index (κ3) is 41.2. The minimum atomic E-state index is -4.57. The lowest BCUT2D eigenvalue weighted by molar-refractivity contribution is -0.870. The molecule has 8 nitrogen and oxygen atoms in total. The molecule has 0 aromatic heterocycles. The van der Waals surface area contributed by atoms with Crippen LogP contribution in [0.2, 0.25) is 0 Å². The van der Waals surface area contributed by atoms with E-state index >= 15 is 0 Å². The largest absolute Gasteiger partial charge is 0.756 e. The summed E-state index contributed by atoms with van der Waals surface area (Å²) in [7, 11) is 1.26. The van der Waals surface area contributed by atoms with E-state index in [0.29, 0.717) is 17.4 Å². The molecule has 0 aliphatic heterocycles. The zero-order chi connectivity index (χ0) is 40.7. The van der Waals surface area contributed by atoms with Gasteiger partial charge in [0.1, 0.15) is 13.2 Å². The number of aliphatic hydroxyl groups excluding tert-OH is 1. The summed E-state index contributed by atoms with van der Waals surface area (Å²) in [5.41, 5.74) is 0. The second kappa shape index (κ2) is 38.7. The maximum atomic E-state index is 12.6. The van der Waals surface area contributed by atoms with Gasteiger partial charge in [0.25, 0.3) is 7.82 Å². The van der Waals surface area contributed by atoms with Gasteiger partial charge in [-0.25, -0.2) is 0 Å². The molecule has 0 saturated heterocycles. The third-order valence-corrected chi connectivity index (χ3v) is 11.7. The predicted octanol–water partition coefficient (Wildman–Crippen LogP) is 12.5. The molecule has 0 aromatic rings. The Hall–Kier alpha value is -0.760. The van der Waals surface area contributed by atoms with Gasteiger partial charge in [0.2, 0.25) is 5.91 Å². The number of nitrogens with zero attached hydrogens (tertiary/aromatic N) is 1. The lowest BCUT2D eigenvalue weighted by atomic mass is 10.0. The number of quaternary nitrogens is 1. The van der Waals surface area contributed by atoms with Crippen LogP contribution in [-0.2, 0) is 18.4 Å². The Morgan fingerprint density at radius 1 is 0.618 bits per heavy atom. The van der Waals surface area contributed by atoms with Gasteiger partial charge in [0.05, 0.1) is 39.9 Å². The molecule has 9 heteroatoms. The molecular weight excluding hydrogens is 707 g/mol. The number of unbranched alkanes of at least 4 members (excludes halogenated alkanes) is 30. The number of allylic oxidation sites excluding steroid dienone is 1. The summed E-state index contributed by atoms with van der Waals surface area (Å²) in [6.07, 6.45) is 44.9. The van der Waals surface area contributed by atoms with Gasteiger partial charge in [-0.3, -0.25) is 9.36 Å². The van der Waals surface area contributed by atoms with E-state index in [1.165, 1.54) is 161 Å². The Morgan fingerprint density at radius 3 is 1.36 bits per heavy atom. The van der Waals surface area contributed by atoms with E-state index in [4.69, 9.17) is 9.05 Å². The second-order valence-electron chi connectivity index (χ2n) is 17.5. The fraction of sp³-hybridized carbons (Fsp3) is 0.935. The Kier molecular flexibility index (Phi) is 38.2. The molecular formula is C46H93N2O6P. The monoisotopic (exact) mass is 801 g/mol. The first-order valence-corrected chi connectivity index (χ1v) is 25.0. The summed E-state index contributed by atoms with van der Waals surface area (Å²) in [5, 5.41) is 13.6. The van der Waals surface area contributed by atoms with Crippen molar-refractivity contribution in [2.75, 3.05) is 40.9 Å². The molecule has 0 heterocycles. The first-order chi connectivity index (χ1) is 26.5. The van der Waals surface area contributed by atoms with Crippen LogP contribution in [0.4, 0.5) is 0 Å². The summed E-state index contributed by atoms with van der Waals surface area (Å²) in [6, 6.07) is -0.877. The molecule has 0 radical (unpaired) electrons. The molecule has 0 rings (SSSR count). The fourth-order valence-electron chi connectivity index (χ4n) is 6.98. The van der Waals surface area contributed by atoms with Crippen molar-refractivity contribution in [2.45, 2.75) is 238 Å². The van der Waals surface area contributed by atoms with Gasteiger partial charge in [-0.2, -0.15) is 0 Å². The van der Waals surface area contributed by atoms with Crippen molar-refractivity contribution in [3.8, 4) is 0 Å². The van der Waals surface area contributed by atoms with Gasteiger partial charge in [-0.1, -0.05) is 212 Å². The van der Waals surface area contributed by atoms with Crippen LogP contribution in [0.15, 0.2) is 12.2 Å². The van der Waals surface area contributed by atoms with E-state index < -0.39 is 20.0 Å². The highest BCUT2D eigenvalue weighted by Crippen LogP contribution is 2.38. The number of likely N-dealkylation sites (N-methyl/N-ethyl adjacent to an activating group) is 1. The van der Waals surface area contributed by atoms with E-state index in [2.05, 4.69) is 19.2 Å². The van der Waals surface area contributed by atoms with E-state index in [1.807, 2.05) is 27.2 Å². The molecule has 2 N–H and O–H groups in total. The quantitative estimate of drug-likeness (QED) is 0.0275. The average molecular weight is 801 g/mol. The highest BCUT2D eigenvalue weighted by molar-refractivity contribution is 7.45. The number of phosphoric acid groups is 1. The number of carbonyl (C=O) groups is 1. The number of nitrogens with one attached hydrogen (secondary N) is 1. The molecule has 328 valence electrons. The SMILES string of the molecule is CCCCCCCCCCCCCCCCCCCCCCCCCCCCC/C=C/C(O)C(COP(=O)([O-])OCC[N+](C)(C)C)NC(=O)CCCCCC. The Morgan fingerprint density at radius 2 is 0.982 bits per heavy atom. The number of amides is 1. The molecule has 3 atom stereocenters. The van der Waals surface area contributed by atoms with Gasteiger partial charge in [0.15, 0.2) is 0 Å². The highest BCUT2D eigenvalue weighted by atomic mass is 31.2. The summed E-state index contributed by atoms with van der Waals surface area (Å²) < 4.78 is 23.0. The van der Waals surface area contributed by atoms with E-state index in [0.717, 1.165) is 44.9 Å². The van der Waals surface area contributed by atoms with Crippen molar-refractivity contribution in [3.05, 3.63) is 12.2 Å². The van der Waals surface area contributed by atoms with E-state index in [1.54, 1.807) is 6.08 Å². The van der Waals surface area contributed by atoms with Crippen LogP contribution >= 0.6 is 7.82 Å². The Balaban J connectivity index is 3.89. The lowest BCUT2D eigenvalue weighted by Gasteiger charge is -2.29. The third-order valence-electron chi connectivity index (χ3n) is 10.7. The number of phosphoric ester groups is 1. The summed E-state index contributed by atoms with van der Waals surface area (Å²) >= 11 is 0. The first kappa shape index (κ1) is 54.2. The molecule has 3 unspecified atom stereocenters. The topological polar surface area (TPSA) is 108 Å². The standard InChI is InChI=1S/C46H93N2O6P/c1-6-8-10-12-13-14-15-16-17-18-19-20-21-22-23-24-25-26-27-28-29-30-31-32-33-34-35-36-37-39-45(49)44(47-46(50)40-38-11-9-7-2)43-54-55(51,52)53-42-41-48(3,4)5/h37,39,44-45,49H,6-36,38,40-43H2,1-5H3,(H-,47,50,51,52)/b39-37+. The summed E-state index contributed by atoms with van der Waals surface area (Å²) in [4.78, 5) is 24.9. The number of aliphatic hydroxyl groups is 1. The molecule has 0 aromatic carbocycles. The van der Waals surface area contributed by atoms with Crippen LogP contribution in [0.5, 0.6) is 0 Å². The van der Waals surface area contributed by atoms with Crippen LogP contribution < -0.4 is 10.2 Å². The van der Waals surface area contributed by atoms with Crippen LogP contribution in [0.1, 0.15) is 226 Å². The smallest absolute Gasteiger partial charge is 0.268 e. The summed E-state index contributed by atoms with van der Waals surface area (Å²) in [6.45, 7) is 4.53. The minimum Gasteiger partial charge on any atom is -0.756 e. The van der Waals surface area contributed by atoms with Gasteiger partial charge in [-0.05, 0) is 19.3 Å². The fourth-order valence-corrected chi connectivity index (χ4v) is 7.70. The van der Waals surface area contributed by atoms with Gasteiger partial charge < -0.3 is 28.8 Å². The van der Waals surface area contributed by atoms with Crippen molar-refractivity contribution in [1.29, 1.82) is 0 Å². The molecule has 0 aliphatic rings. The molecule has 0 bridgehead atoms. The van der Waals surface area contributed by atoms with Crippen molar-refractivity contribution in [3.63, 3.8) is 0 Å². The molecule has 0 aliphatic carbocycles. The predicted molar refractivity (Wildman–Crippen MR) is 233 cm³/mol. The van der Waals surface area contributed by atoms with Gasteiger partial charge >= 0.3 is 0 Å². The van der Waals surface area contributed by atoms with E-state index in [-0.39, 0.29) is 19.1 Å². The number of hydrogen-bond acceptors (Lipinski definition) is 6. The average Bonchev–Trinajstić information content (AvgIpc) is 3.13.